The van der Waals surface area contributed by atoms with Gasteiger partial charge in [-0.25, -0.2) is 0 Å². The van der Waals surface area contributed by atoms with E-state index in [4.69, 9.17) is 0 Å². The number of rotatable bonds is 2. The zero-order valence-corrected chi connectivity index (χ0v) is 9.31. The Kier molecular flexibility index (Phi) is 2.42. The first-order chi connectivity index (χ1) is 6.74. The molecule has 0 saturated carbocycles. The molecule has 0 radical (unpaired) electrons. The Labute approximate surface area is 89.3 Å². The standard InChI is InChI=1S/C11H14N2S/c1-8-11(13(2)7-14)9-5-3-4-6-10(9)12-8/h3-6,12,14H,7H2,1-2H3. The Hall–Kier alpha value is -1.09. The smallest absolute Gasteiger partial charge is 0.0658 e. The number of para-hydroxylation sites is 1. The van der Waals surface area contributed by atoms with Crippen molar-refractivity contribution >= 4 is 29.2 Å². The van der Waals surface area contributed by atoms with Crippen LogP contribution in [0.4, 0.5) is 5.69 Å². The summed E-state index contributed by atoms with van der Waals surface area (Å²) >= 11 is 4.29. The van der Waals surface area contributed by atoms with Crippen LogP contribution in [0.2, 0.25) is 0 Å². The fourth-order valence-corrected chi connectivity index (χ4v) is 1.97. The molecular formula is C11H14N2S. The summed E-state index contributed by atoms with van der Waals surface area (Å²) in [7, 11) is 2.05. The van der Waals surface area contributed by atoms with E-state index in [-0.39, 0.29) is 0 Å². The lowest BCUT2D eigenvalue weighted by Gasteiger charge is -2.16. The number of thiol groups is 1. The summed E-state index contributed by atoms with van der Waals surface area (Å²) in [6, 6.07) is 8.33. The molecule has 0 spiro atoms. The molecule has 0 aliphatic carbocycles. The molecule has 0 atom stereocenters. The van der Waals surface area contributed by atoms with Crippen LogP contribution in [0.15, 0.2) is 24.3 Å². The van der Waals surface area contributed by atoms with Crippen molar-refractivity contribution in [3.8, 4) is 0 Å². The predicted molar refractivity (Wildman–Crippen MR) is 65.3 cm³/mol. The lowest BCUT2D eigenvalue weighted by Crippen LogP contribution is -2.14. The molecule has 2 aromatic rings. The molecule has 0 bridgehead atoms. The number of aromatic amines is 1. The van der Waals surface area contributed by atoms with Crippen molar-refractivity contribution in [2.24, 2.45) is 0 Å². The molecule has 14 heavy (non-hydrogen) atoms. The van der Waals surface area contributed by atoms with Gasteiger partial charge in [-0.2, -0.15) is 12.6 Å². The molecule has 0 amide bonds. The summed E-state index contributed by atoms with van der Waals surface area (Å²) in [5, 5.41) is 1.27. The van der Waals surface area contributed by atoms with E-state index in [0.29, 0.717) is 0 Å². The number of anilines is 1. The number of hydrogen-bond acceptors (Lipinski definition) is 2. The number of H-pyrrole nitrogens is 1. The van der Waals surface area contributed by atoms with Crippen LogP contribution in [-0.2, 0) is 0 Å². The number of fused-ring (bicyclic) bond motifs is 1. The van der Waals surface area contributed by atoms with Gasteiger partial charge in [0.15, 0.2) is 0 Å². The van der Waals surface area contributed by atoms with Crippen molar-refractivity contribution in [3.05, 3.63) is 30.0 Å². The molecule has 0 fully saturated rings. The first kappa shape index (κ1) is 9.46. The summed E-state index contributed by atoms with van der Waals surface area (Å²) in [5.74, 6) is 0.725. The Morgan fingerprint density at radius 1 is 1.36 bits per heavy atom. The van der Waals surface area contributed by atoms with E-state index in [1.165, 1.54) is 22.3 Å². The fraction of sp³-hybridized carbons (Fsp3) is 0.273. The molecule has 3 heteroatoms. The third-order valence-electron chi connectivity index (χ3n) is 2.45. The second-order valence-corrected chi connectivity index (χ2v) is 3.77. The monoisotopic (exact) mass is 206 g/mol. The van der Waals surface area contributed by atoms with E-state index in [1.807, 2.05) is 6.07 Å². The van der Waals surface area contributed by atoms with Crippen LogP contribution in [0.1, 0.15) is 5.69 Å². The van der Waals surface area contributed by atoms with Gasteiger partial charge in [-0.1, -0.05) is 18.2 Å². The van der Waals surface area contributed by atoms with Gasteiger partial charge in [-0.15, -0.1) is 0 Å². The van der Waals surface area contributed by atoms with Crippen molar-refractivity contribution < 1.29 is 0 Å². The first-order valence-corrected chi connectivity index (χ1v) is 5.26. The minimum Gasteiger partial charge on any atom is -0.364 e. The molecule has 0 unspecified atom stereocenters. The second kappa shape index (κ2) is 3.58. The minimum absolute atomic E-state index is 0.725. The van der Waals surface area contributed by atoms with Gasteiger partial charge in [0.25, 0.3) is 0 Å². The number of aryl methyl sites for hydroxylation is 1. The lowest BCUT2D eigenvalue weighted by molar-refractivity contribution is 1.09. The van der Waals surface area contributed by atoms with Gasteiger partial charge in [0.05, 0.1) is 11.6 Å². The molecule has 2 rings (SSSR count). The summed E-state index contributed by atoms with van der Waals surface area (Å²) in [5.41, 5.74) is 3.63. The van der Waals surface area contributed by atoms with Gasteiger partial charge >= 0.3 is 0 Å². The van der Waals surface area contributed by atoms with Crippen LogP contribution < -0.4 is 4.90 Å². The number of nitrogens with zero attached hydrogens (tertiary/aromatic N) is 1. The number of benzene rings is 1. The molecule has 1 aromatic heterocycles. The van der Waals surface area contributed by atoms with Crippen LogP contribution in [0, 0.1) is 6.92 Å². The van der Waals surface area contributed by atoms with Crippen molar-refractivity contribution in [1.82, 2.24) is 4.98 Å². The van der Waals surface area contributed by atoms with Gasteiger partial charge < -0.3 is 9.88 Å². The molecule has 1 heterocycles. The molecule has 2 nitrogen and oxygen atoms in total. The first-order valence-electron chi connectivity index (χ1n) is 4.63. The van der Waals surface area contributed by atoms with Gasteiger partial charge in [-0.3, -0.25) is 0 Å². The largest absolute Gasteiger partial charge is 0.364 e. The Morgan fingerprint density at radius 2 is 2.07 bits per heavy atom. The highest BCUT2D eigenvalue weighted by atomic mass is 32.1. The van der Waals surface area contributed by atoms with Gasteiger partial charge in [-0.05, 0) is 13.0 Å². The summed E-state index contributed by atoms with van der Waals surface area (Å²) in [4.78, 5) is 5.50. The Balaban J connectivity index is 2.67. The zero-order chi connectivity index (χ0) is 10.1. The molecular weight excluding hydrogens is 192 g/mol. The van der Waals surface area contributed by atoms with Crippen molar-refractivity contribution in [1.29, 1.82) is 0 Å². The molecule has 0 saturated heterocycles. The normalized spacial score (nSPS) is 10.8. The Morgan fingerprint density at radius 3 is 2.79 bits per heavy atom. The average molecular weight is 206 g/mol. The van der Waals surface area contributed by atoms with E-state index in [0.717, 1.165) is 5.88 Å². The second-order valence-electron chi connectivity index (χ2n) is 3.48. The highest BCUT2D eigenvalue weighted by Gasteiger charge is 2.10. The molecule has 1 N–H and O–H groups in total. The Bertz CT molecular complexity index is 447. The van der Waals surface area contributed by atoms with E-state index in [2.05, 4.69) is 54.7 Å². The van der Waals surface area contributed by atoms with E-state index in [9.17, 15) is 0 Å². The third-order valence-corrected chi connectivity index (χ3v) is 2.88. The zero-order valence-electron chi connectivity index (χ0n) is 8.41. The number of nitrogens with one attached hydrogen (secondary N) is 1. The maximum absolute atomic E-state index is 4.29. The summed E-state index contributed by atoms with van der Waals surface area (Å²) in [6.07, 6.45) is 0. The quantitative estimate of drug-likeness (QED) is 0.571. The molecule has 0 aliphatic rings. The maximum atomic E-state index is 4.29. The molecule has 0 aliphatic heterocycles. The van der Waals surface area contributed by atoms with Crippen LogP contribution >= 0.6 is 12.6 Å². The maximum Gasteiger partial charge on any atom is 0.0658 e. The van der Waals surface area contributed by atoms with Gasteiger partial charge in [0, 0.05) is 23.6 Å². The topological polar surface area (TPSA) is 19.0 Å². The number of hydrogen-bond donors (Lipinski definition) is 2. The summed E-state index contributed by atoms with van der Waals surface area (Å²) in [6.45, 7) is 2.09. The van der Waals surface area contributed by atoms with Crippen molar-refractivity contribution in [3.63, 3.8) is 0 Å². The van der Waals surface area contributed by atoms with Crippen LogP contribution in [0.3, 0.4) is 0 Å². The highest BCUT2D eigenvalue weighted by molar-refractivity contribution is 7.80. The van der Waals surface area contributed by atoms with Crippen LogP contribution in [0.25, 0.3) is 10.9 Å². The van der Waals surface area contributed by atoms with Crippen LogP contribution in [-0.4, -0.2) is 17.9 Å². The van der Waals surface area contributed by atoms with Gasteiger partial charge in [0.2, 0.25) is 0 Å². The summed E-state index contributed by atoms with van der Waals surface area (Å²) < 4.78 is 0. The van der Waals surface area contributed by atoms with Crippen molar-refractivity contribution in [2.45, 2.75) is 6.92 Å². The third kappa shape index (κ3) is 1.38. The fourth-order valence-electron chi connectivity index (χ4n) is 1.82. The highest BCUT2D eigenvalue weighted by Crippen LogP contribution is 2.29. The SMILES string of the molecule is Cc1[nH]c2ccccc2c1N(C)CS. The van der Waals surface area contributed by atoms with E-state index >= 15 is 0 Å². The van der Waals surface area contributed by atoms with Gasteiger partial charge in [0.1, 0.15) is 0 Å². The average Bonchev–Trinajstić information content (AvgIpc) is 2.53. The van der Waals surface area contributed by atoms with Crippen LogP contribution in [0.5, 0.6) is 0 Å². The molecule has 1 aromatic carbocycles. The minimum atomic E-state index is 0.725. The van der Waals surface area contributed by atoms with E-state index < -0.39 is 0 Å². The molecule has 74 valence electrons. The lowest BCUT2D eigenvalue weighted by atomic mass is 10.2. The van der Waals surface area contributed by atoms with E-state index in [1.54, 1.807) is 0 Å². The predicted octanol–water partition coefficient (Wildman–Crippen LogP) is 2.80. The number of aromatic nitrogens is 1. The van der Waals surface area contributed by atoms with Crippen molar-refractivity contribution in [2.75, 3.05) is 17.8 Å².